The first-order valence-corrected chi connectivity index (χ1v) is 8.12. The average molecular weight is 340 g/mol. The number of rotatable bonds is 6. The van der Waals surface area contributed by atoms with E-state index in [4.69, 9.17) is 9.47 Å². The molecule has 0 aromatic heterocycles. The molecule has 0 saturated heterocycles. The minimum Gasteiger partial charge on any atom is -0.497 e. The van der Waals surface area contributed by atoms with Gasteiger partial charge in [-0.2, -0.15) is 5.10 Å². The van der Waals surface area contributed by atoms with Crippen molar-refractivity contribution >= 4 is 12.1 Å². The zero-order chi connectivity index (χ0) is 18.4. The smallest absolute Gasteiger partial charge is 0.271 e. The molecule has 0 fully saturated rings. The number of hydrogen-bond acceptors (Lipinski definition) is 4. The predicted octanol–water partition coefficient (Wildman–Crippen LogP) is 3.90. The molecule has 0 unspecified atom stereocenters. The number of hydrazone groups is 1. The molecule has 2 aromatic rings. The van der Waals surface area contributed by atoms with Gasteiger partial charge in [-0.3, -0.25) is 4.79 Å². The van der Waals surface area contributed by atoms with E-state index >= 15 is 0 Å². The van der Waals surface area contributed by atoms with Crippen LogP contribution in [0, 0.1) is 6.92 Å². The van der Waals surface area contributed by atoms with Crippen molar-refractivity contribution in [2.75, 3.05) is 14.2 Å². The highest BCUT2D eigenvalue weighted by Gasteiger charge is 2.10. The number of hydrogen-bond donors (Lipinski definition) is 1. The van der Waals surface area contributed by atoms with Gasteiger partial charge >= 0.3 is 0 Å². The molecular weight excluding hydrogens is 316 g/mol. The van der Waals surface area contributed by atoms with Crippen LogP contribution in [-0.2, 0) is 0 Å². The summed E-state index contributed by atoms with van der Waals surface area (Å²) in [4.78, 5) is 12.1. The van der Waals surface area contributed by atoms with E-state index in [1.165, 1.54) is 0 Å². The lowest BCUT2D eigenvalue weighted by molar-refractivity contribution is 0.0955. The fourth-order valence-electron chi connectivity index (χ4n) is 2.45. The van der Waals surface area contributed by atoms with E-state index in [0.29, 0.717) is 17.2 Å². The number of amides is 1. The van der Waals surface area contributed by atoms with Gasteiger partial charge in [-0.1, -0.05) is 13.8 Å². The van der Waals surface area contributed by atoms with Crippen LogP contribution in [0.3, 0.4) is 0 Å². The van der Waals surface area contributed by atoms with Crippen molar-refractivity contribution < 1.29 is 14.3 Å². The van der Waals surface area contributed by atoms with Gasteiger partial charge in [0.2, 0.25) is 0 Å². The molecular formula is C20H24N2O3. The van der Waals surface area contributed by atoms with E-state index in [1.807, 2.05) is 19.1 Å². The quantitative estimate of drug-likeness (QED) is 0.641. The van der Waals surface area contributed by atoms with Crippen LogP contribution in [0.1, 0.15) is 46.8 Å². The highest BCUT2D eigenvalue weighted by molar-refractivity contribution is 5.95. The summed E-state index contributed by atoms with van der Waals surface area (Å²) in [6.07, 6.45) is 1.65. The summed E-state index contributed by atoms with van der Waals surface area (Å²) in [6, 6.07) is 10.9. The molecule has 5 nitrogen and oxygen atoms in total. The largest absolute Gasteiger partial charge is 0.497 e. The number of nitrogens with one attached hydrogen (secondary N) is 1. The van der Waals surface area contributed by atoms with Gasteiger partial charge in [0.05, 0.1) is 20.4 Å². The first kappa shape index (κ1) is 18.5. The van der Waals surface area contributed by atoms with E-state index in [1.54, 1.807) is 44.7 Å². The minimum atomic E-state index is -0.269. The molecule has 0 aliphatic heterocycles. The Balaban J connectivity index is 2.13. The van der Waals surface area contributed by atoms with Gasteiger partial charge in [-0.25, -0.2) is 5.43 Å². The zero-order valence-corrected chi connectivity index (χ0v) is 15.3. The molecule has 0 atom stereocenters. The topological polar surface area (TPSA) is 59.9 Å². The fourth-order valence-corrected chi connectivity index (χ4v) is 2.45. The lowest BCUT2D eigenvalue weighted by Crippen LogP contribution is -2.17. The van der Waals surface area contributed by atoms with Gasteiger partial charge in [-0.15, -0.1) is 0 Å². The zero-order valence-electron chi connectivity index (χ0n) is 15.3. The molecule has 132 valence electrons. The van der Waals surface area contributed by atoms with E-state index in [-0.39, 0.29) is 5.91 Å². The molecule has 2 aromatic carbocycles. The number of carbonyl (C=O) groups excluding carboxylic acids is 1. The number of ether oxygens (including phenoxy) is 2. The minimum absolute atomic E-state index is 0.269. The maximum atomic E-state index is 12.1. The third-order valence-electron chi connectivity index (χ3n) is 3.96. The monoisotopic (exact) mass is 340 g/mol. The highest BCUT2D eigenvalue weighted by atomic mass is 16.5. The molecule has 2 rings (SSSR count). The maximum Gasteiger partial charge on any atom is 0.271 e. The SMILES string of the molecule is COc1ccc(C(=O)N/N=C\c2cc(C(C)C)c(OC)cc2C)cc1. The van der Waals surface area contributed by atoms with Crippen molar-refractivity contribution in [3.8, 4) is 11.5 Å². The Bertz CT molecular complexity index is 765. The summed E-state index contributed by atoms with van der Waals surface area (Å²) < 4.78 is 10.5. The van der Waals surface area contributed by atoms with E-state index < -0.39 is 0 Å². The number of nitrogens with zero attached hydrogens (tertiary/aromatic N) is 1. The number of aryl methyl sites for hydroxylation is 1. The number of carbonyl (C=O) groups is 1. The summed E-state index contributed by atoms with van der Waals surface area (Å²) in [5.41, 5.74) is 6.15. The molecule has 0 saturated carbocycles. The van der Waals surface area contributed by atoms with Crippen LogP contribution in [0.2, 0.25) is 0 Å². The summed E-state index contributed by atoms with van der Waals surface area (Å²) >= 11 is 0. The third-order valence-corrected chi connectivity index (χ3v) is 3.96. The van der Waals surface area contributed by atoms with Crippen LogP contribution >= 0.6 is 0 Å². The van der Waals surface area contributed by atoms with E-state index in [0.717, 1.165) is 22.4 Å². The predicted molar refractivity (Wildman–Crippen MR) is 99.9 cm³/mol. The third kappa shape index (κ3) is 4.59. The molecule has 5 heteroatoms. The normalized spacial score (nSPS) is 11.0. The first-order valence-electron chi connectivity index (χ1n) is 8.12. The van der Waals surface area contributed by atoms with Crippen LogP contribution < -0.4 is 14.9 Å². The van der Waals surface area contributed by atoms with Crippen LogP contribution in [0.4, 0.5) is 0 Å². The molecule has 1 N–H and O–H groups in total. The molecule has 1 amide bonds. The van der Waals surface area contributed by atoms with Crippen molar-refractivity contribution in [2.24, 2.45) is 5.10 Å². The standard InChI is InChI=1S/C20H24N2O3/c1-13(2)18-11-16(14(3)10-19(18)25-5)12-21-22-20(23)15-6-8-17(24-4)9-7-15/h6-13H,1-5H3,(H,22,23)/b21-12-. The molecule has 0 heterocycles. The second-order valence-electron chi connectivity index (χ2n) is 6.03. The number of benzene rings is 2. The van der Waals surface area contributed by atoms with Crippen LogP contribution in [0.5, 0.6) is 11.5 Å². The fraction of sp³-hybridized carbons (Fsp3) is 0.300. The Hall–Kier alpha value is -2.82. The number of methoxy groups -OCH3 is 2. The van der Waals surface area contributed by atoms with Gasteiger partial charge in [-0.05, 0) is 65.9 Å². The van der Waals surface area contributed by atoms with Crippen LogP contribution in [0.25, 0.3) is 0 Å². The van der Waals surface area contributed by atoms with Gasteiger partial charge in [0, 0.05) is 5.56 Å². The Morgan fingerprint density at radius 2 is 1.80 bits per heavy atom. The Morgan fingerprint density at radius 3 is 2.36 bits per heavy atom. The first-order chi connectivity index (χ1) is 12.0. The van der Waals surface area contributed by atoms with Gasteiger partial charge in [0.1, 0.15) is 11.5 Å². The van der Waals surface area contributed by atoms with Crippen LogP contribution in [0.15, 0.2) is 41.5 Å². The summed E-state index contributed by atoms with van der Waals surface area (Å²) in [6.45, 7) is 6.21. The van der Waals surface area contributed by atoms with Crippen molar-refractivity contribution in [1.29, 1.82) is 0 Å². The summed E-state index contributed by atoms with van der Waals surface area (Å²) in [7, 11) is 3.26. The van der Waals surface area contributed by atoms with Gasteiger partial charge in [0.25, 0.3) is 5.91 Å². The Kier molecular flexibility index (Phi) is 6.17. The Morgan fingerprint density at radius 1 is 1.12 bits per heavy atom. The Labute approximate surface area is 148 Å². The molecule has 0 aliphatic rings. The lowest BCUT2D eigenvalue weighted by atomic mass is 9.97. The highest BCUT2D eigenvalue weighted by Crippen LogP contribution is 2.29. The van der Waals surface area contributed by atoms with Gasteiger partial charge in [0.15, 0.2) is 0 Å². The molecule has 0 spiro atoms. The van der Waals surface area contributed by atoms with Crippen molar-refractivity contribution in [3.05, 3.63) is 58.7 Å². The van der Waals surface area contributed by atoms with Crippen molar-refractivity contribution in [3.63, 3.8) is 0 Å². The average Bonchev–Trinajstić information content (AvgIpc) is 2.62. The van der Waals surface area contributed by atoms with Crippen LogP contribution in [-0.4, -0.2) is 26.3 Å². The van der Waals surface area contributed by atoms with E-state index in [2.05, 4.69) is 24.4 Å². The lowest BCUT2D eigenvalue weighted by Gasteiger charge is -2.14. The van der Waals surface area contributed by atoms with Crippen molar-refractivity contribution in [1.82, 2.24) is 5.43 Å². The van der Waals surface area contributed by atoms with Crippen molar-refractivity contribution in [2.45, 2.75) is 26.7 Å². The second kappa shape index (κ2) is 8.33. The second-order valence-corrected chi connectivity index (χ2v) is 6.03. The van der Waals surface area contributed by atoms with Gasteiger partial charge < -0.3 is 9.47 Å². The molecule has 0 radical (unpaired) electrons. The maximum absolute atomic E-state index is 12.1. The van der Waals surface area contributed by atoms with E-state index in [9.17, 15) is 4.79 Å². The molecule has 0 aliphatic carbocycles. The summed E-state index contributed by atoms with van der Waals surface area (Å²) in [5.74, 6) is 1.63. The molecule has 25 heavy (non-hydrogen) atoms. The summed E-state index contributed by atoms with van der Waals surface area (Å²) in [5, 5.41) is 4.08. The molecule has 0 bridgehead atoms.